The molecular weight excluding hydrogens is 375 g/mol. The van der Waals surface area contributed by atoms with Crippen LogP contribution in [-0.4, -0.2) is 37.7 Å². The van der Waals surface area contributed by atoms with Gasteiger partial charge in [-0.3, -0.25) is 4.79 Å². The highest BCUT2D eigenvalue weighted by molar-refractivity contribution is 5.94. The molecule has 0 atom stereocenters. The highest BCUT2D eigenvalue weighted by Gasteiger charge is 2.30. The van der Waals surface area contributed by atoms with Gasteiger partial charge in [0.1, 0.15) is 12.4 Å². The molecule has 1 aromatic heterocycles. The first-order chi connectivity index (χ1) is 13.3. The Morgan fingerprint density at radius 1 is 1.21 bits per heavy atom. The molecule has 0 spiro atoms. The lowest BCUT2D eigenvalue weighted by Gasteiger charge is -2.12. The first kappa shape index (κ1) is 21.1. The fourth-order valence-corrected chi connectivity index (χ4v) is 2.21. The van der Waals surface area contributed by atoms with Crippen LogP contribution in [0.2, 0.25) is 0 Å². The van der Waals surface area contributed by atoms with E-state index in [0.29, 0.717) is 30.2 Å². The molecule has 0 aliphatic rings. The third-order valence-corrected chi connectivity index (χ3v) is 3.59. The first-order valence-electron chi connectivity index (χ1n) is 8.32. The Morgan fingerprint density at radius 3 is 2.61 bits per heavy atom. The van der Waals surface area contributed by atoms with Crippen molar-refractivity contribution in [2.24, 2.45) is 0 Å². The molecule has 2 N–H and O–H groups in total. The standard InChI is InChI=1S/C19H20F3N3O3/c1-3-10-28-15-6-4-13(11-16(15)27-2)18(26)24-9-8-23-17-7-5-14(12-25-17)19(20,21)22/h3-7,11-12H,1,8-10H2,2H3,(H,23,25)(H,24,26). The minimum Gasteiger partial charge on any atom is -0.493 e. The summed E-state index contributed by atoms with van der Waals surface area (Å²) in [5.74, 6) is 0.874. The number of alkyl halides is 3. The number of nitrogens with one attached hydrogen (secondary N) is 2. The number of hydrogen-bond donors (Lipinski definition) is 2. The van der Waals surface area contributed by atoms with Crippen LogP contribution in [0.1, 0.15) is 15.9 Å². The number of anilines is 1. The van der Waals surface area contributed by atoms with E-state index in [4.69, 9.17) is 9.47 Å². The van der Waals surface area contributed by atoms with Crippen molar-refractivity contribution in [1.29, 1.82) is 0 Å². The molecule has 0 aliphatic carbocycles. The van der Waals surface area contributed by atoms with E-state index in [1.54, 1.807) is 24.3 Å². The van der Waals surface area contributed by atoms with Crippen LogP contribution in [0.3, 0.4) is 0 Å². The predicted octanol–water partition coefficient (Wildman–Crippen LogP) is 3.52. The number of pyridine rings is 1. The van der Waals surface area contributed by atoms with E-state index >= 15 is 0 Å². The van der Waals surface area contributed by atoms with Gasteiger partial charge in [-0.1, -0.05) is 12.7 Å². The number of methoxy groups -OCH3 is 1. The van der Waals surface area contributed by atoms with Gasteiger partial charge in [-0.25, -0.2) is 4.98 Å². The van der Waals surface area contributed by atoms with Crippen LogP contribution < -0.4 is 20.1 Å². The lowest BCUT2D eigenvalue weighted by Crippen LogP contribution is -2.28. The van der Waals surface area contributed by atoms with Gasteiger partial charge in [0, 0.05) is 24.8 Å². The summed E-state index contributed by atoms with van der Waals surface area (Å²) in [4.78, 5) is 15.9. The number of halogens is 3. The quantitative estimate of drug-likeness (QED) is 0.502. The summed E-state index contributed by atoms with van der Waals surface area (Å²) in [6.45, 7) is 4.42. The van der Waals surface area contributed by atoms with Crippen LogP contribution in [0.4, 0.5) is 19.0 Å². The largest absolute Gasteiger partial charge is 0.493 e. The maximum absolute atomic E-state index is 12.5. The third kappa shape index (κ3) is 5.90. The second-order valence-electron chi connectivity index (χ2n) is 5.58. The summed E-state index contributed by atoms with van der Waals surface area (Å²) in [6.07, 6.45) is -2.07. The molecule has 9 heteroatoms. The topological polar surface area (TPSA) is 72.5 Å². The van der Waals surface area contributed by atoms with Crippen molar-refractivity contribution in [1.82, 2.24) is 10.3 Å². The van der Waals surface area contributed by atoms with Crippen LogP contribution in [-0.2, 0) is 6.18 Å². The Kier molecular flexibility index (Phi) is 7.25. The molecule has 28 heavy (non-hydrogen) atoms. The summed E-state index contributed by atoms with van der Waals surface area (Å²) in [6, 6.07) is 6.95. The minimum atomic E-state index is -4.42. The lowest BCUT2D eigenvalue weighted by atomic mass is 10.2. The van der Waals surface area contributed by atoms with Crippen molar-refractivity contribution < 1.29 is 27.4 Å². The Morgan fingerprint density at radius 2 is 2.00 bits per heavy atom. The van der Waals surface area contributed by atoms with Crippen molar-refractivity contribution >= 4 is 11.7 Å². The molecule has 1 aromatic carbocycles. The van der Waals surface area contributed by atoms with E-state index in [9.17, 15) is 18.0 Å². The molecular formula is C19H20F3N3O3. The smallest absolute Gasteiger partial charge is 0.417 e. The summed E-state index contributed by atoms with van der Waals surface area (Å²) in [5.41, 5.74) is -0.434. The van der Waals surface area contributed by atoms with Crippen molar-refractivity contribution in [2.45, 2.75) is 6.18 Å². The van der Waals surface area contributed by atoms with Crippen LogP contribution in [0.5, 0.6) is 11.5 Å². The average Bonchev–Trinajstić information content (AvgIpc) is 2.69. The monoisotopic (exact) mass is 395 g/mol. The number of carbonyl (C=O) groups excluding carboxylic acids is 1. The number of carbonyl (C=O) groups is 1. The van der Waals surface area contributed by atoms with E-state index in [0.717, 1.165) is 12.3 Å². The Bertz CT molecular complexity index is 808. The molecule has 0 aliphatic heterocycles. The fraction of sp³-hybridized carbons (Fsp3) is 0.263. The molecule has 0 saturated carbocycles. The predicted molar refractivity (Wildman–Crippen MR) is 98.7 cm³/mol. The molecule has 2 rings (SSSR count). The van der Waals surface area contributed by atoms with E-state index in [-0.39, 0.29) is 18.3 Å². The second-order valence-corrected chi connectivity index (χ2v) is 5.58. The van der Waals surface area contributed by atoms with Gasteiger partial charge in [0.25, 0.3) is 5.91 Å². The maximum Gasteiger partial charge on any atom is 0.417 e. The zero-order valence-electron chi connectivity index (χ0n) is 15.2. The fourth-order valence-electron chi connectivity index (χ4n) is 2.21. The second kappa shape index (κ2) is 9.63. The molecule has 0 fully saturated rings. The maximum atomic E-state index is 12.5. The molecule has 1 heterocycles. The van der Waals surface area contributed by atoms with E-state index in [1.165, 1.54) is 13.2 Å². The number of nitrogens with zero attached hydrogens (tertiary/aromatic N) is 1. The number of hydrogen-bond acceptors (Lipinski definition) is 5. The number of rotatable bonds is 9. The lowest BCUT2D eigenvalue weighted by molar-refractivity contribution is -0.137. The summed E-state index contributed by atoms with van der Waals surface area (Å²) in [7, 11) is 1.47. The minimum absolute atomic E-state index is 0.249. The molecule has 0 saturated heterocycles. The van der Waals surface area contributed by atoms with Gasteiger partial charge < -0.3 is 20.1 Å². The molecule has 2 aromatic rings. The Hall–Kier alpha value is -3.23. The summed E-state index contributed by atoms with van der Waals surface area (Å²) < 4.78 is 48.1. The SMILES string of the molecule is C=CCOc1ccc(C(=O)NCCNc2ccc(C(F)(F)F)cn2)cc1OC. The normalized spacial score (nSPS) is 10.9. The van der Waals surface area contributed by atoms with Crippen LogP contribution in [0, 0.1) is 0 Å². The number of amides is 1. The first-order valence-corrected chi connectivity index (χ1v) is 8.32. The van der Waals surface area contributed by atoms with E-state index < -0.39 is 11.7 Å². The van der Waals surface area contributed by atoms with Crippen LogP contribution in [0.25, 0.3) is 0 Å². The van der Waals surface area contributed by atoms with E-state index in [2.05, 4.69) is 22.2 Å². The third-order valence-electron chi connectivity index (χ3n) is 3.59. The van der Waals surface area contributed by atoms with Crippen LogP contribution >= 0.6 is 0 Å². The average molecular weight is 395 g/mol. The molecule has 0 radical (unpaired) electrons. The van der Waals surface area contributed by atoms with Gasteiger partial charge in [0.2, 0.25) is 0 Å². The number of benzene rings is 1. The van der Waals surface area contributed by atoms with Crippen molar-refractivity contribution in [3.05, 3.63) is 60.3 Å². The number of ether oxygens (including phenoxy) is 2. The summed E-state index contributed by atoms with van der Waals surface area (Å²) >= 11 is 0. The molecule has 0 bridgehead atoms. The molecule has 150 valence electrons. The zero-order chi connectivity index (χ0) is 20.6. The zero-order valence-corrected chi connectivity index (χ0v) is 15.2. The molecule has 1 amide bonds. The number of aromatic nitrogens is 1. The van der Waals surface area contributed by atoms with Crippen molar-refractivity contribution in [2.75, 3.05) is 32.1 Å². The highest BCUT2D eigenvalue weighted by atomic mass is 19.4. The van der Waals surface area contributed by atoms with Gasteiger partial charge in [-0.2, -0.15) is 13.2 Å². The van der Waals surface area contributed by atoms with Gasteiger partial charge in [0.15, 0.2) is 11.5 Å². The van der Waals surface area contributed by atoms with Gasteiger partial charge in [-0.15, -0.1) is 0 Å². The van der Waals surface area contributed by atoms with Gasteiger partial charge >= 0.3 is 6.18 Å². The Labute approximate surface area is 160 Å². The van der Waals surface area contributed by atoms with E-state index in [1.807, 2.05) is 0 Å². The summed E-state index contributed by atoms with van der Waals surface area (Å²) in [5, 5.41) is 5.53. The molecule has 0 unspecified atom stereocenters. The van der Waals surface area contributed by atoms with Gasteiger partial charge in [0.05, 0.1) is 12.7 Å². The van der Waals surface area contributed by atoms with Crippen molar-refractivity contribution in [3.63, 3.8) is 0 Å². The Balaban J connectivity index is 1.84. The molecule has 6 nitrogen and oxygen atoms in total. The highest BCUT2D eigenvalue weighted by Crippen LogP contribution is 2.29. The van der Waals surface area contributed by atoms with Gasteiger partial charge in [-0.05, 0) is 30.3 Å². The van der Waals surface area contributed by atoms with Crippen molar-refractivity contribution in [3.8, 4) is 11.5 Å². The van der Waals surface area contributed by atoms with Crippen LogP contribution in [0.15, 0.2) is 49.2 Å².